The molecule has 0 bridgehead atoms. The summed E-state index contributed by atoms with van der Waals surface area (Å²) in [5.41, 5.74) is 0. The lowest BCUT2D eigenvalue weighted by Gasteiger charge is -2.30. The molecule has 0 saturated carbocycles. The van der Waals surface area contributed by atoms with Crippen molar-refractivity contribution in [1.29, 1.82) is 0 Å². The fourth-order valence-electron chi connectivity index (χ4n) is 2.64. The maximum absolute atomic E-state index is 12.3. The van der Waals surface area contributed by atoms with Crippen molar-refractivity contribution in [3.63, 3.8) is 0 Å². The Morgan fingerprint density at radius 1 is 1.10 bits per heavy atom. The standard InChI is InChI=1S/C15H20N2O3/c18-15(16-8-10-19-11-9-16)17-7-6-14(12-17)20-13-4-2-1-3-5-13/h1-5,14H,6-12H2. The number of likely N-dealkylation sites (tertiary alicyclic amines) is 1. The molecule has 0 N–H and O–H groups in total. The Hall–Kier alpha value is -1.75. The maximum atomic E-state index is 12.3. The van der Waals surface area contributed by atoms with E-state index in [1.165, 1.54) is 0 Å². The number of urea groups is 1. The second kappa shape index (κ2) is 6.13. The first kappa shape index (κ1) is 13.2. The number of ether oxygens (including phenoxy) is 2. The number of para-hydroxylation sites is 1. The van der Waals surface area contributed by atoms with Gasteiger partial charge in [0.15, 0.2) is 0 Å². The highest BCUT2D eigenvalue weighted by Gasteiger charge is 2.31. The molecule has 2 aliphatic heterocycles. The van der Waals surface area contributed by atoms with Gasteiger partial charge in [0.05, 0.1) is 19.8 Å². The van der Waals surface area contributed by atoms with Crippen LogP contribution in [-0.2, 0) is 4.74 Å². The van der Waals surface area contributed by atoms with Crippen LogP contribution in [0.5, 0.6) is 5.75 Å². The van der Waals surface area contributed by atoms with E-state index in [2.05, 4.69) is 0 Å². The summed E-state index contributed by atoms with van der Waals surface area (Å²) in [4.78, 5) is 16.1. The molecule has 0 aromatic heterocycles. The molecular weight excluding hydrogens is 256 g/mol. The minimum absolute atomic E-state index is 0.0994. The zero-order valence-electron chi connectivity index (χ0n) is 11.5. The van der Waals surface area contributed by atoms with Crippen LogP contribution in [-0.4, -0.2) is 61.3 Å². The topological polar surface area (TPSA) is 42.0 Å². The van der Waals surface area contributed by atoms with Crippen LogP contribution in [0.2, 0.25) is 0 Å². The molecule has 0 radical (unpaired) electrons. The summed E-state index contributed by atoms with van der Waals surface area (Å²) in [7, 11) is 0. The Labute approximate surface area is 119 Å². The van der Waals surface area contributed by atoms with Crippen molar-refractivity contribution in [3.05, 3.63) is 30.3 Å². The fourth-order valence-corrected chi connectivity index (χ4v) is 2.64. The highest BCUT2D eigenvalue weighted by Crippen LogP contribution is 2.19. The Morgan fingerprint density at radius 3 is 2.60 bits per heavy atom. The lowest BCUT2D eigenvalue weighted by Crippen LogP contribution is -2.47. The largest absolute Gasteiger partial charge is 0.489 e. The number of carbonyl (C=O) groups is 1. The second-order valence-corrected chi connectivity index (χ2v) is 5.17. The Morgan fingerprint density at radius 2 is 1.85 bits per heavy atom. The number of rotatable bonds is 2. The number of hydrogen-bond donors (Lipinski definition) is 0. The summed E-state index contributed by atoms with van der Waals surface area (Å²) in [5.74, 6) is 0.873. The molecule has 2 heterocycles. The van der Waals surface area contributed by atoms with Crippen molar-refractivity contribution in [2.75, 3.05) is 39.4 Å². The Balaban J connectivity index is 1.52. The molecule has 20 heavy (non-hydrogen) atoms. The number of carbonyl (C=O) groups excluding carboxylic acids is 1. The number of amides is 2. The fraction of sp³-hybridized carbons (Fsp3) is 0.533. The first-order valence-corrected chi connectivity index (χ1v) is 7.16. The summed E-state index contributed by atoms with van der Waals surface area (Å²) >= 11 is 0. The normalized spacial score (nSPS) is 22.9. The molecule has 0 aliphatic carbocycles. The summed E-state index contributed by atoms with van der Waals surface area (Å²) in [6, 6.07) is 9.91. The lowest BCUT2D eigenvalue weighted by molar-refractivity contribution is 0.0443. The van der Waals surface area contributed by atoms with Gasteiger partial charge >= 0.3 is 6.03 Å². The molecule has 1 unspecified atom stereocenters. The van der Waals surface area contributed by atoms with E-state index < -0.39 is 0 Å². The summed E-state index contributed by atoms with van der Waals surface area (Å²) in [6.45, 7) is 4.12. The number of hydrogen-bond acceptors (Lipinski definition) is 3. The second-order valence-electron chi connectivity index (χ2n) is 5.17. The minimum Gasteiger partial charge on any atom is -0.489 e. The van der Waals surface area contributed by atoms with Crippen LogP contribution < -0.4 is 4.74 Å². The molecule has 0 spiro atoms. The first-order valence-electron chi connectivity index (χ1n) is 7.16. The van der Waals surface area contributed by atoms with Gasteiger partial charge in [-0.2, -0.15) is 0 Å². The van der Waals surface area contributed by atoms with Crippen LogP contribution in [0.3, 0.4) is 0 Å². The number of nitrogens with zero attached hydrogens (tertiary/aromatic N) is 2. The molecule has 2 aliphatic rings. The smallest absolute Gasteiger partial charge is 0.320 e. The van der Waals surface area contributed by atoms with E-state index >= 15 is 0 Å². The third kappa shape index (κ3) is 3.04. The van der Waals surface area contributed by atoms with Gasteiger partial charge < -0.3 is 19.3 Å². The number of benzene rings is 1. The van der Waals surface area contributed by atoms with Gasteiger partial charge in [0.25, 0.3) is 0 Å². The summed E-state index contributed by atoms with van der Waals surface area (Å²) in [6.07, 6.45) is 0.993. The molecule has 1 aromatic carbocycles. The minimum atomic E-state index is 0.0994. The van der Waals surface area contributed by atoms with Crippen LogP contribution in [0.15, 0.2) is 30.3 Å². The van der Waals surface area contributed by atoms with Gasteiger partial charge in [0.1, 0.15) is 11.9 Å². The SMILES string of the molecule is O=C(N1CCOCC1)N1CCC(Oc2ccccc2)C1. The van der Waals surface area contributed by atoms with Crippen molar-refractivity contribution in [2.45, 2.75) is 12.5 Å². The van der Waals surface area contributed by atoms with Gasteiger partial charge in [0.2, 0.25) is 0 Å². The van der Waals surface area contributed by atoms with E-state index in [0.29, 0.717) is 32.8 Å². The van der Waals surface area contributed by atoms with Gasteiger partial charge in [0, 0.05) is 26.1 Å². The molecule has 5 nitrogen and oxygen atoms in total. The monoisotopic (exact) mass is 276 g/mol. The van der Waals surface area contributed by atoms with Gasteiger partial charge in [-0.25, -0.2) is 4.79 Å². The van der Waals surface area contributed by atoms with Crippen molar-refractivity contribution in [1.82, 2.24) is 9.80 Å². The van der Waals surface area contributed by atoms with E-state index in [1.807, 2.05) is 40.1 Å². The van der Waals surface area contributed by atoms with E-state index in [4.69, 9.17) is 9.47 Å². The van der Waals surface area contributed by atoms with E-state index in [1.54, 1.807) is 0 Å². The summed E-state index contributed by atoms with van der Waals surface area (Å²) < 4.78 is 11.2. The molecule has 1 atom stereocenters. The number of morpholine rings is 1. The van der Waals surface area contributed by atoms with Gasteiger partial charge in [-0.05, 0) is 12.1 Å². The van der Waals surface area contributed by atoms with E-state index in [9.17, 15) is 4.79 Å². The predicted molar refractivity (Wildman–Crippen MR) is 74.8 cm³/mol. The van der Waals surface area contributed by atoms with Gasteiger partial charge in [-0.3, -0.25) is 0 Å². The lowest BCUT2D eigenvalue weighted by atomic mass is 10.3. The van der Waals surface area contributed by atoms with Gasteiger partial charge in [-0.15, -0.1) is 0 Å². The third-order valence-electron chi connectivity index (χ3n) is 3.74. The predicted octanol–water partition coefficient (Wildman–Crippen LogP) is 1.59. The molecule has 3 rings (SSSR count). The zero-order chi connectivity index (χ0) is 13.8. The van der Waals surface area contributed by atoms with E-state index in [0.717, 1.165) is 18.7 Å². The highest BCUT2D eigenvalue weighted by molar-refractivity contribution is 5.75. The average molecular weight is 276 g/mol. The van der Waals surface area contributed by atoms with E-state index in [-0.39, 0.29) is 12.1 Å². The van der Waals surface area contributed by atoms with Crippen molar-refractivity contribution in [3.8, 4) is 5.75 Å². The Kier molecular flexibility index (Phi) is 4.06. The van der Waals surface area contributed by atoms with Crippen LogP contribution in [0.25, 0.3) is 0 Å². The molecule has 108 valence electrons. The van der Waals surface area contributed by atoms with Crippen molar-refractivity contribution in [2.24, 2.45) is 0 Å². The first-order chi connectivity index (χ1) is 9.83. The molecule has 5 heteroatoms. The van der Waals surface area contributed by atoms with Crippen LogP contribution in [0, 0.1) is 0 Å². The Bertz CT molecular complexity index is 446. The molecule has 2 amide bonds. The highest BCUT2D eigenvalue weighted by atomic mass is 16.5. The zero-order valence-corrected chi connectivity index (χ0v) is 11.5. The maximum Gasteiger partial charge on any atom is 0.320 e. The molecule has 1 aromatic rings. The summed E-state index contributed by atoms with van der Waals surface area (Å²) in [5, 5.41) is 0. The van der Waals surface area contributed by atoms with Crippen LogP contribution >= 0.6 is 0 Å². The average Bonchev–Trinajstić information content (AvgIpc) is 2.97. The third-order valence-corrected chi connectivity index (χ3v) is 3.74. The molecule has 2 saturated heterocycles. The molecular formula is C15H20N2O3. The quantitative estimate of drug-likeness (QED) is 0.824. The van der Waals surface area contributed by atoms with Crippen LogP contribution in [0.1, 0.15) is 6.42 Å². The van der Waals surface area contributed by atoms with Crippen LogP contribution in [0.4, 0.5) is 4.79 Å². The van der Waals surface area contributed by atoms with Crippen molar-refractivity contribution >= 4 is 6.03 Å². The van der Waals surface area contributed by atoms with Gasteiger partial charge in [-0.1, -0.05) is 18.2 Å². The molecule has 2 fully saturated rings. The van der Waals surface area contributed by atoms with Crippen molar-refractivity contribution < 1.29 is 14.3 Å².